The zero-order valence-electron chi connectivity index (χ0n) is 10.8. The molecule has 2 N–H and O–H groups in total. The largest absolute Gasteiger partial charge is 0.492 e. The number of hydrogen-bond donors (Lipinski definition) is 1. The van der Waals surface area contributed by atoms with E-state index in [9.17, 15) is 0 Å². The highest BCUT2D eigenvalue weighted by molar-refractivity contribution is 5.44. The summed E-state index contributed by atoms with van der Waals surface area (Å²) < 4.78 is 5.82. The van der Waals surface area contributed by atoms with Crippen LogP contribution in [0.4, 0.5) is 0 Å². The molecule has 1 aromatic rings. The normalized spacial score (nSPS) is 11.2. The van der Waals surface area contributed by atoms with E-state index in [1.165, 1.54) is 11.1 Å². The first-order valence-electron chi connectivity index (χ1n) is 6.03. The van der Waals surface area contributed by atoms with Crippen molar-refractivity contribution in [3.05, 3.63) is 29.3 Å². The molecule has 0 spiro atoms. The first-order valence-corrected chi connectivity index (χ1v) is 6.03. The van der Waals surface area contributed by atoms with E-state index in [2.05, 4.69) is 45.9 Å². The molecule has 0 saturated carbocycles. The fourth-order valence-electron chi connectivity index (χ4n) is 1.81. The highest BCUT2D eigenvalue weighted by atomic mass is 16.5. The van der Waals surface area contributed by atoms with Crippen molar-refractivity contribution in [2.24, 2.45) is 5.73 Å². The van der Waals surface area contributed by atoms with Gasteiger partial charge in [-0.15, -0.1) is 0 Å². The Balaban J connectivity index is 3.12. The Morgan fingerprint density at radius 2 is 1.56 bits per heavy atom. The Kier molecular flexibility index (Phi) is 4.81. The van der Waals surface area contributed by atoms with Gasteiger partial charge in [0.15, 0.2) is 0 Å². The number of ether oxygens (including phenoxy) is 1. The lowest BCUT2D eigenvalue weighted by atomic mass is 9.94. The van der Waals surface area contributed by atoms with Crippen molar-refractivity contribution in [2.75, 3.05) is 13.2 Å². The summed E-state index contributed by atoms with van der Waals surface area (Å²) in [7, 11) is 0. The first kappa shape index (κ1) is 13.0. The third-order valence-corrected chi connectivity index (χ3v) is 2.68. The summed E-state index contributed by atoms with van der Waals surface area (Å²) in [5.74, 6) is 2.00. The van der Waals surface area contributed by atoms with Crippen LogP contribution >= 0.6 is 0 Å². The Bertz CT molecular complexity index is 305. The van der Waals surface area contributed by atoms with E-state index in [0.717, 1.165) is 5.75 Å². The van der Waals surface area contributed by atoms with Gasteiger partial charge in [0.2, 0.25) is 0 Å². The maximum absolute atomic E-state index is 5.82. The monoisotopic (exact) mass is 221 g/mol. The molecule has 0 aromatic heterocycles. The molecule has 2 nitrogen and oxygen atoms in total. The van der Waals surface area contributed by atoms with E-state index in [4.69, 9.17) is 10.5 Å². The zero-order chi connectivity index (χ0) is 12.1. The summed E-state index contributed by atoms with van der Waals surface area (Å²) in [6.07, 6.45) is 0. The molecule has 0 heterocycles. The van der Waals surface area contributed by atoms with Crippen molar-refractivity contribution < 1.29 is 4.74 Å². The number of benzene rings is 1. The molecule has 90 valence electrons. The van der Waals surface area contributed by atoms with Crippen LogP contribution in [0.1, 0.15) is 50.7 Å². The second-order valence-corrected chi connectivity index (χ2v) is 4.71. The molecule has 0 radical (unpaired) electrons. The van der Waals surface area contributed by atoms with Crippen molar-refractivity contribution in [3.8, 4) is 5.75 Å². The van der Waals surface area contributed by atoms with E-state index in [0.29, 0.717) is 25.0 Å². The highest BCUT2D eigenvalue weighted by Crippen LogP contribution is 2.34. The maximum Gasteiger partial charge on any atom is 0.126 e. The molecule has 0 unspecified atom stereocenters. The summed E-state index contributed by atoms with van der Waals surface area (Å²) >= 11 is 0. The molecule has 0 amide bonds. The molecule has 0 fully saturated rings. The predicted octanol–water partition coefficient (Wildman–Crippen LogP) is 3.27. The van der Waals surface area contributed by atoms with E-state index >= 15 is 0 Å². The Morgan fingerprint density at radius 3 is 1.94 bits per heavy atom. The van der Waals surface area contributed by atoms with Crippen molar-refractivity contribution in [1.82, 2.24) is 0 Å². The Hall–Kier alpha value is -1.02. The SMILES string of the molecule is CC(C)c1cccc(C(C)C)c1OCCN. The van der Waals surface area contributed by atoms with Gasteiger partial charge < -0.3 is 10.5 Å². The van der Waals surface area contributed by atoms with Crippen LogP contribution in [0, 0.1) is 0 Å². The van der Waals surface area contributed by atoms with Gasteiger partial charge in [-0.05, 0) is 23.0 Å². The minimum Gasteiger partial charge on any atom is -0.492 e. The van der Waals surface area contributed by atoms with E-state index < -0.39 is 0 Å². The molecular weight excluding hydrogens is 198 g/mol. The van der Waals surface area contributed by atoms with Crippen LogP contribution in [-0.4, -0.2) is 13.2 Å². The Labute approximate surface area is 98.8 Å². The van der Waals surface area contributed by atoms with E-state index in [1.54, 1.807) is 0 Å². The van der Waals surface area contributed by atoms with Crippen molar-refractivity contribution in [2.45, 2.75) is 39.5 Å². The fraction of sp³-hybridized carbons (Fsp3) is 0.571. The fourth-order valence-corrected chi connectivity index (χ4v) is 1.81. The zero-order valence-corrected chi connectivity index (χ0v) is 10.8. The molecule has 0 aliphatic carbocycles. The van der Waals surface area contributed by atoms with E-state index in [1.807, 2.05) is 0 Å². The third-order valence-electron chi connectivity index (χ3n) is 2.68. The molecule has 2 heteroatoms. The topological polar surface area (TPSA) is 35.2 Å². The van der Waals surface area contributed by atoms with Crippen LogP contribution in [-0.2, 0) is 0 Å². The minimum atomic E-state index is 0.478. The van der Waals surface area contributed by atoms with Crippen molar-refractivity contribution >= 4 is 0 Å². The smallest absolute Gasteiger partial charge is 0.126 e. The van der Waals surface area contributed by atoms with Crippen LogP contribution in [0.3, 0.4) is 0 Å². The number of hydrogen-bond acceptors (Lipinski definition) is 2. The lowest BCUT2D eigenvalue weighted by molar-refractivity contribution is 0.319. The first-order chi connectivity index (χ1) is 7.57. The molecule has 0 saturated heterocycles. The van der Waals surface area contributed by atoms with Crippen LogP contribution in [0.25, 0.3) is 0 Å². The summed E-state index contributed by atoms with van der Waals surface area (Å²) in [4.78, 5) is 0. The molecular formula is C14H23NO. The number of nitrogens with two attached hydrogens (primary N) is 1. The van der Waals surface area contributed by atoms with Gasteiger partial charge >= 0.3 is 0 Å². The van der Waals surface area contributed by atoms with Gasteiger partial charge in [0, 0.05) is 6.54 Å². The number of para-hydroxylation sites is 1. The third kappa shape index (κ3) is 2.99. The molecule has 1 rings (SSSR count). The standard InChI is InChI=1S/C14H23NO/c1-10(2)12-6-5-7-13(11(3)4)14(12)16-9-8-15/h5-7,10-11H,8-9,15H2,1-4H3. The van der Waals surface area contributed by atoms with Gasteiger partial charge in [-0.25, -0.2) is 0 Å². The van der Waals surface area contributed by atoms with Gasteiger partial charge in [0.05, 0.1) is 0 Å². The summed E-state index contributed by atoms with van der Waals surface area (Å²) in [6.45, 7) is 9.90. The quantitative estimate of drug-likeness (QED) is 0.828. The lowest BCUT2D eigenvalue weighted by Gasteiger charge is -2.19. The predicted molar refractivity (Wildman–Crippen MR) is 69.2 cm³/mol. The molecule has 0 atom stereocenters. The highest BCUT2D eigenvalue weighted by Gasteiger charge is 2.14. The van der Waals surface area contributed by atoms with Gasteiger partial charge in [0.25, 0.3) is 0 Å². The van der Waals surface area contributed by atoms with Crippen molar-refractivity contribution in [1.29, 1.82) is 0 Å². The molecule has 1 aromatic carbocycles. The average Bonchev–Trinajstić information content (AvgIpc) is 2.25. The van der Waals surface area contributed by atoms with Gasteiger partial charge in [-0.3, -0.25) is 0 Å². The molecule has 0 bridgehead atoms. The average molecular weight is 221 g/mol. The van der Waals surface area contributed by atoms with Gasteiger partial charge in [-0.1, -0.05) is 45.9 Å². The summed E-state index contributed by atoms with van der Waals surface area (Å²) in [6, 6.07) is 6.39. The van der Waals surface area contributed by atoms with E-state index in [-0.39, 0.29) is 0 Å². The van der Waals surface area contributed by atoms with Crippen LogP contribution in [0.15, 0.2) is 18.2 Å². The second kappa shape index (κ2) is 5.90. The molecule has 16 heavy (non-hydrogen) atoms. The van der Waals surface area contributed by atoms with Crippen molar-refractivity contribution in [3.63, 3.8) is 0 Å². The molecule has 0 aliphatic heterocycles. The molecule has 0 aliphatic rings. The van der Waals surface area contributed by atoms with Crippen LogP contribution < -0.4 is 10.5 Å². The van der Waals surface area contributed by atoms with Crippen LogP contribution in [0.5, 0.6) is 5.75 Å². The Morgan fingerprint density at radius 1 is 1.06 bits per heavy atom. The lowest BCUT2D eigenvalue weighted by Crippen LogP contribution is -2.13. The number of rotatable bonds is 5. The minimum absolute atomic E-state index is 0.478. The summed E-state index contributed by atoms with van der Waals surface area (Å²) in [5, 5.41) is 0. The maximum atomic E-state index is 5.82. The summed E-state index contributed by atoms with van der Waals surface area (Å²) in [5.41, 5.74) is 8.06. The van der Waals surface area contributed by atoms with Gasteiger partial charge in [0.1, 0.15) is 12.4 Å². The van der Waals surface area contributed by atoms with Crippen LogP contribution in [0.2, 0.25) is 0 Å². The second-order valence-electron chi connectivity index (χ2n) is 4.71. The van der Waals surface area contributed by atoms with Gasteiger partial charge in [-0.2, -0.15) is 0 Å².